The lowest BCUT2D eigenvalue weighted by atomic mass is 10.1. The number of aromatic amines is 1. The van der Waals surface area contributed by atoms with Crippen LogP contribution in [0.1, 0.15) is 17.3 Å². The molecule has 6 nitrogen and oxygen atoms in total. The van der Waals surface area contributed by atoms with E-state index in [1.54, 1.807) is 36.4 Å². The Kier molecular flexibility index (Phi) is 4.04. The van der Waals surface area contributed by atoms with Crippen molar-refractivity contribution < 1.29 is 14.3 Å². The molecule has 0 bridgehead atoms. The zero-order chi connectivity index (χ0) is 17.3. The summed E-state index contributed by atoms with van der Waals surface area (Å²) in [7, 11) is 3.04. The van der Waals surface area contributed by atoms with Crippen LogP contribution in [-0.2, 0) is 0 Å². The van der Waals surface area contributed by atoms with Gasteiger partial charge >= 0.3 is 0 Å². The molecule has 0 aliphatic rings. The van der Waals surface area contributed by atoms with Gasteiger partial charge in [0.05, 0.1) is 25.1 Å². The van der Waals surface area contributed by atoms with Crippen molar-refractivity contribution in [3.05, 3.63) is 52.3 Å². The molecular formula is C18H16N2O4. The molecule has 24 heavy (non-hydrogen) atoms. The number of nitrogens with zero attached hydrogens (tertiary/aromatic N) is 1. The van der Waals surface area contributed by atoms with E-state index in [-0.39, 0.29) is 11.3 Å². The average Bonchev–Trinajstić information content (AvgIpc) is 2.60. The monoisotopic (exact) mass is 324 g/mol. The van der Waals surface area contributed by atoms with Crippen LogP contribution in [0.5, 0.6) is 11.5 Å². The van der Waals surface area contributed by atoms with Gasteiger partial charge in [0.25, 0.3) is 5.56 Å². The molecule has 1 aromatic heterocycles. The van der Waals surface area contributed by atoms with Crippen LogP contribution >= 0.6 is 0 Å². The van der Waals surface area contributed by atoms with Crippen LogP contribution in [0.2, 0.25) is 0 Å². The zero-order valence-corrected chi connectivity index (χ0v) is 13.5. The highest BCUT2D eigenvalue weighted by Crippen LogP contribution is 2.30. The second-order valence-electron chi connectivity index (χ2n) is 5.27. The molecule has 6 heteroatoms. The number of hydrogen-bond donors (Lipinski definition) is 1. The number of fused-ring (bicyclic) bond motifs is 1. The molecule has 3 aromatic rings. The predicted molar refractivity (Wildman–Crippen MR) is 90.9 cm³/mol. The minimum absolute atomic E-state index is 0.0154. The van der Waals surface area contributed by atoms with E-state index in [2.05, 4.69) is 9.97 Å². The van der Waals surface area contributed by atoms with Gasteiger partial charge in [-0.05, 0) is 13.0 Å². The number of Topliss-reactive ketones (excluding diaryl/α,β-unsaturated/α-hetero) is 1. The molecule has 0 spiro atoms. The third-order valence-electron chi connectivity index (χ3n) is 3.78. The van der Waals surface area contributed by atoms with E-state index in [9.17, 15) is 9.59 Å². The third kappa shape index (κ3) is 2.74. The molecule has 0 radical (unpaired) electrons. The van der Waals surface area contributed by atoms with Gasteiger partial charge < -0.3 is 14.5 Å². The summed E-state index contributed by atoms with van der Waals surface area (Å²) in [6.45, 7) is 1.50. The fraction of sp³-hybridized carbons (Fsp3) is 0.167. The number of ether oxygens (including phenoxy) is 2. The summed E-state index contributed by atoms with van der Waals surface area (Å²) in [4.78, 5) is 31.0. The highest BCUT2D eigenvalue weighted by atomic mass is 16.5. The molecule has 2 aromatic carbocycles. The van der Waals surface area contributed by atoms with Gasteiger partial charge in [0.15, 0.2) is 17.3 Å². The molecular weight excluding hydrogens is 308 g/mol. The number of methoxy groups -OCH3 is 2. The summed E-state index contributed by atoms with van der Waals surface area (Å²) in [5.41, 5.74) is 1.55. The Morgan fingerprint density at radius 1 is 1.04 bits per heavy atom. The van der Waals surface area contributed by atoms with Crippen LogP contribution in [-0.4, -0.2) is 30.0 Å². The van der Waals surface area contributed by atoms with Crippen molar-refractivity contribution in [2.24, 2.45) is 0 Å². The minimum atomic E-state index is -0.272. The maximum atomic E-state index is 12.4. The molecule has 0 unspecified atom stereocenters. The average molecular weight is 324 g/mol. The third-order valence-corrected chi connectivity index (χ3v) is 3.78. The summed E-state index contributed by atoms with van der Waals surface area (Å²) in [6, 6.07) is 10.2. The van der Waals surface area contributed by atoms with Crippen LogP contribution in [0.15, 0.2) is 41.2 Å². The van der Waals surface area contributed by atoms with E-state index in [0.717, 1.165) is 0 Å². The number of rotatable bonds is 4. The first-order chi connectivity index (χ1) is 11.5. The van der Waals surface area contributed by atoms with Crippen LogP contribution in [0.3, 0.4) is 0 Å². The van der Waals surface area contributed by atoms with Crippen molar-refractivity contribution in [2.75, 3.05) is 14.2 Å². The largest absolute Gasteiger partial charge is 0.493 e. The van der Waals surface area contributed by atoms with Crippen molar-refractivity contribution in [2.45, 2.75) is 6.92 Å². The molecule has 1 heterocycles. The molecule has 0 saturated heterocycles. The molecule has 1 N–H and O–H groups in total. The van der Waals surface area contributed by atoms with E-state index in [0.29, 0.717) is 39.4 Å². The SMILES string of the molecule is COc1cc2nc(-c3ccc(C(C)=O)cc3)[nH]c(=O)c2cc1OC. The van der Waals surface area contributed by atoms with Gasteiger partial charge in [-0.15, -0.1) is 0 Å². The Hall–Kier alpha value is -3.15. The second kappa shape index (κ2) is 6.16. The Labute approximate surface area is 138 Å². The van der Waals surface area contributed by atoms with E-state index in [1.165, 1.54) is 21.1 Å². The van der Waals surface area contributed by atoms with Crippen LogP contribution in [0.25, 0.3) is 22.3 Å². The maximum absolute atomic E-state index is 12.4. The summed E-state index contributed by atoms with van der Waals surface area (Å²) < 4.78 is 10.5. The molecule has 0 fully saturated rings. The number of benzene rings is 2. The minimum Gasteiger partial charge on any atom is -0.493 e. The molecule has 0 atom stereocenters. The number of hydrogen-bond acceptors (Lipinski definition) is 5. The Balaban J connectivity index is 2.16. The molecule has 122 valence electrons. The lowest BCUT2D eigenvalue weighted by Gasteiger charge is -2.09. The number of nitrogens with one attached hydrogen (secondary N) is 1. The molecule has 0 saturated carbocycles. The van der Waals surface area contributed by atoms with Crippen molar-refractivity contribution in [1.29, 1.82) is 0 Å². The van der Waals surface area contributed by atoms with Gasteiger partial charge in [0.1, 0.15) is 5.82 Å². The lowest BCUT2D eigenvalue weighted by molar-refractivity contribution is 0.101. The van der Waals surface area contributed by atoms with Gasteiger partial charge in [0.2, 0.25) is 0 Å². The Morgan fingerprint density at radius 2 is 1.67 bits per heavy atom. The number of ketones is 1. The fourth-order valence-electron chi connectivity index (χ4n) is 2.47. The first-order valence-corrected chi connectivity index (χ1v) is 7.31. The first kappa shape index (κ1) is 15.7. The normalized spacial score (nSPS) is 10.6. The maximum Gasteiger partial charge on any atom is 0.259 e. The number of aromatic nitrogens is 2. The number of carbonyl (C=O) groups excluding carboxylic acids is 1. The summed E-state index contributed by atoms with van der Waals surface area (Å²) >= 11 is 0. The van der Waals surface area contributed by atoms with E-state index >= 15 is 0 Å². The van der Waals surface area contributed by atoms with Gasteiger partial charge in [-0.25, -0.2) is 4.98 Å². The Bertz CT molecular complexity index is 975. The fourth-order valence-corrected chi connectivity index (χ4v) is 2.47. The molecule has 0 aliphatic carbocycles. The van der Waals surface area contributed by atoms with Crippen LogP contribution in [0.4, 0.5) is 0 Å². The van der Waals surface area contributed by atoms with Crippen molar-refractivity contribution in [1.82, 2.24) is 9.97 Å². The smallest absolute Gasteiger partial charge is 0.259 e. The van der Waals surface area contributed by atoms with Crippen molar-refractivity contribution >= 4 is 16.7 Å². The van der Waals surface area contributed by atoms with Crippen LogP contribution in [0, 0.1) is 0 Å². The Morgan fingerprint density at radius 3 is 2.25 bits per heavy atom. The molecule has 3 rings (SSSR count). The highest BCUT2D eigenvalue weighted by molar-refractivity contribution is 5.94. The van der Waals surface area contributed by atoms with E-state index < -0.39 is 0 Å². The lowest BCUT2D eigenvalue weighted by Crippen LogP contribution is -2.10. The first-order valence-electron chi connectivity index (χ1n) is 7.31. The van der Waals surface area contributed by atoms with E-state index in [4.69, 9.17) is 9.47 Å². The highest BCUT2D eigenvalue weighted by Gasteiger charge is 2.12. The zero-order valence-electron chi connectivity index (χ0n) is 13.5. The summed E-state index contributed by atoms with van der Waals surface area (Å²) in [5.74, 6) is 1.38. The molecule has 0 amide bonds. The molecule has 0 aliphatic heterocycles. The summed E-state index contributed by atoms with van der Waals surface area (Å²) in [6.07, 6.45) is 0. The van der Waals surface area contributed by atoms with Gasteiger partial charge in [-0.2, -0.15) is 0 Å². The van der Waals surface area contributed by atoms with Gasteiger partial charge in [-0.1, -0.05) is 24.3 Å². The van der Waals surface area contributed by atoms with Crippen molar-refractivity contribution in [3.8, 4) is 22.9 Å². The predicted octanol–water partition coefficient (Wildman–Crippen LogP) is 2.81. The van der Waals surface area contributed by atoms with Crippen molar-refractivity contribution in [3.63, 3.8) is 0 Å². The summed E-state index contributed by atoms with van der Waals surface area (Å²) in [5, 5.41) is 0.414. The number of carbonyl (C=O) groups is 1. The van der Waals surface area contributed by atoms with Gasteiger partial charge in [-0.3, -0.25) is 9.59 Å². The van der Waals surface area contributed by atoms with Gasteiger partial charge in [0, 0.05) is 17.2 Å². The topological polar surface area (TPSA) is 81.3 Å². The van der Waals surface area contributed by atoms with E-state index in [1.807, 2.05) is 0 Å². The standard InChI is InChI=1S/C18H16N2O4/c1-10(21)11-4-6-12(7-5-11)17-19-14-9-16(24-3)15(23-2)8-13(14)18(22)20-17/h4-9H,1-3H3,(H,19,20,22). The second-order valence-corrected chi connectivity index (χ2v) is 5.27. The van der Waals surface area contributed by atoms with Crippen LogP contribution < -0.4 is 15.0 Å². The number of H-pyrrole nitrogens is 1. The quantitative estimate of drug-likeness (QED) is 0.746.